The molecule has 3 N–H and O–H groups in total. The van der Waals surface area contributed by atoms with Crippen LogP contribution in [0.15, 0.2) is 12.2 Å². The van der Waals surface area contributed by atoms with Crippen molar-refractivity contribution in [1.82, 2.24) is 5.32 Å². The molecule has 0 bridgehead atoms. The number of rotatable bonds is 6. The SMILES string of the molecule is CCCC=CC(=O)N[C@H](C(=O)O)[C@@H](C)O. The van der Waals surface area contributed by atoms with Gasteiger partial charge in [-0.15, -0.1) is 0 Å². The highest BCUT2D eigenvalue weighted by atomic mass is 16.4. The number of aliphatic hydroxyl groups is 1. The fraction of sp³-hybridized carbons (Fsp3) is 0.600. The number of hydrogen-bond acceptors (Lipinski definition) is 3. The standard InChI is InChI=1S/C10H17NO4/c1-3-4-5-6-8(13)11-9(7(2)12)10(14)15/h5-7,9,12H,3-4H2,1-2H3,(H,11,13)(H,14,15)/t7-,9+/m1/s1. The molecule has 0 saturated heterocycles. The third-order valence-corrected chi connectivity index (χ3v) is 1.77. The second-order valence-electron chi connectivity index (χ2n) is 3.26. The summed E-state index contributed by atoms with van der Waals surface area (Å²) in [4.78, 5) is 21.8. The minimum atomic E-state index is -1.26. The van der Waals surface area contributed by atoms with Crippen molar-refractivity contribution in [3.8, 4) is 0 Å². The number of nitrogens with one attached hydrogen (secondary N) is 1. The molecule has 2 atom stereocenters. The van der Waals surface area contributed by atoms with E-state index in [1.165, 1.54) is 13.0 Å². The highest BCUT2D eigenvalue weighted by Crippen LogP contribution is 1.94. The number of hydrogen-bond donors (Lipinski definition) is 3. The van der Waals surface area contributed by atoms with Gasteiger partial charge in [-0.1, -0.05) is 19.4 Å². The van der Waals surface area contributed by atoms with Gasteiger partial charge in [0.25, 0.3) is 0 Å². The van der Waals surface area contributed by atoms with Crippen molar-refractivity contribution in [2.75, 3.05) is 0 Å². The van der Waals surface area contributed by atoms with Gasteiger partial charge in [-0.3, -0.25) is 4.79 Å². The van der Waals surface area contributed by atoms with E-state index in [2.05, 4.69) is 5.32 Å². The first kappa shape index (κ1) is 13.6. The van der Waals surface area contributed by atoms with Crippen molar-refractivity contribution in [3.63, 3.8) is 0 Å². The molecule has 0 aromatic heterocycles. The minimum Gasteiger partial charge on any atom is -0.480 e. The van der Waals surface area contributed by atoms with Crippen LogP contribution < -0.4 is 5.32 Å². The van der Waals surface area contributed by atoms with E-state index in [4.69, 9.17) is 10.2 Å². The lowest BCUT2D eigenvalue weighted by Gasteiger charge is -2.15. The van der Waals surface area contributed by atoms with Gasteiger partial charge in [0.1, 0.15) is 0 Å². The summed E-state index contributed by atoms with van der Waals surface area (Å²) >= 11 is 0. The molecule has 0 aromatic rings. The molecule has 0 aromatic carbocycles. The largest absolute Gasteiger partial charge is 0.480 e. The zero-order chi connectivity index (χ0) is 11.8. The van der Waals surface area contributed by atoms with Crippen molar-refractivity contribution in [2.24, 2.45) is 0 Å². The lowest BCUT2D eigenvalue weighted by Crippen LogP contribution is -2.47. The second-order valence-corrected chi connectivity index (χ2v) is 3.26. The van der Waals surface area contributed by atoms with Gasteiger partial charge in [0.15, 0.2) is 6.04 Å². The quantitative estimate of drug-likeness (QED) is 0.556. The van der Waals surface area contributed by atoms with Crippen LogP contribution in [0.3, 0.4) is 0 Å². The molecule has 15 heavy (non-hydrogen) atoms. The number of carbonyl (C=O) groups is 2. The Balaban J connectivity index is 4.18. The maximum absolute atomic E-state index is 11.2. The van der Waals surface area contributed by atoms with E-state index in [1.54, 1.807) is 6.08 Å². The van der Waals surface area contributed by atoms with Gasteiger partial charge < -0.3 is 15.5 Å². The Labute approximate surface area is 88.8 Å². The second kappa shape index (κ2) is 7.00. The zero-order valence-electron chi connectivity index (χ0n) is 8.93. The van der Waals surface area contributed by atoms with Gasteiger partial charge in [-0.2, -0.15) is 0 Å². The molecule has 5 nitrogen and oxygen atoms in total. The van der Waals surface area contributed by atoms with E-state index in [9.17, 15) is 9.59 Å². The summed E-state index contributed by atoms with van der Waals surface area (Å²) in [6.07, 6.45) is 3.51. The van der Waals surface area contributed by atoms with Crippen molar-refractivity contribution in [2.45, 2.75) is 38.8 Å². The fourth-order valence-corrected chi connectivity index (χ4v) is 0.947. The predicted molar refractivity (Wildman–Crippen MR) is 55.3 cm³/mol. The molecule has 1 amide bonds. The average Bonchev–Trinajstić information content (AvgIpc) is 2.13. The van der Waals surface area contributed by atoms with Crippen molar-refractivity contribution < 1.29 is 19.8 Å². The molecule has 5 heteroatoms. The van der Waals surface area contributed by atoms with Crippen molar-refractivity contribution >= 4 is 11.9 Å². The number of amides is 1. The van der Waals surface area contributed by atoms with Crippen molar-refractivity contribution in [3.05, 3.63) is 12.2 Å². The smallest absolute Gasteiger partial charge is 0.328 e. The summed E-state index contributed by atoms with van der Waals surface area (Å²) in [5, 5.41) is 19.9. The molecule has 0 rings (SSSR count). The summed E-state index contributed by atoms with van der Waals surface area (Å²) in [5.74, 6) is -1.75. The van der Waals surface area contributed by atoms with Crippen LogP contribution in [0.5, 0.6) is 0 Å². The lowest BCUT2D eigenvalue weighted by atomic mass is 10.2. The maximum Gasteiger partial charge on any atom is 0.328 e. The lowest BCUT2D eigenvalue weighted by molar-refractivity contribution is -0.144. The predicted octanol–water partition coefficient (Wildman–Crippen LogP) is 0.293. The molecule has 0 aliphatic rings. The molecule has 0 fully saturated rings. The molecule has 0 heterocycles. The zero-order valence-corrected chi connectivity index (χ0v) is 8.93. The van der Waals surface area contributed by atoms with Gasteiger partial charge >= 0.3 is 5.97 Å². The first-order valence-electron chi connectivity index (χ1n) is 4.87. The van der Waals surface area contributed by atoms with Crippen molar-refractivity contribution in [1.29, 1.82) is 0 Å². The summed E-state index contributed by atoms with van der Waals surface area (Å²) in [7, 11) is 0. The number of carbonyl (C=O) groups excluding carboxylic acids is 1. The van der Waals surface area contributed by atoms with Crippen LogP contribution in [0.25, 0.3) is 0 Å². The number of unbranched alkanes of at least 4 members (excludes halogenated alkanes) is 1. The van der Waals surface area contributed by atoms with Crippen LogP contribution in [-0.4, -0.2) is 34.2 Å². The monoisotopic (exact) mass is 215 g/mol. The summed E-state index contributed by atoms with van der Waals surface area (Å²) in [6.45, 7) is 3.28. The topological polar surface area (TPSA) is 86.6 Å². The van der Waals surface area contributed by atoms with Gasteiger partial charge in [0.05, 0.1) is 6.10 Å². The number of carboxylic acids is 1. The first-order valence-corrected chi connectivity index (χ1v) is 4.87. The van der Waals surface area contributed by atoms with Gasteiger partial charge in [0, 0.05) is 0 Å². The summed E-state index contributed by atoms with van der Waals surface area (Å²) < 4.78 is 0. The molecular weight excluding hydrogens is 198 g/mol. The van der Waals surface area contributed by atoms with E-state index in [0.29, 0.717) is 0 Å². The third-order valence-electron chi connectivity index (χ3n) is 1.77. The fourth-order valence-electron chi connectivity index (χ4n) is 0.947. The molecule has 0 spiro atoms. The van der Waals surface area contributed by atoms with E-state index >= 15 is 0 Å². The van der Waals surface area contributed by atoms with Gasteiger partial charge in [-0.05, 0) is 19.4 Å². The minimum absolute atomic E-state index is 0.503. The average molecular weight is 215 g/mol. The molecule has 0 unspecified atom stereocenters. The molecule has 0 radical (unpaired) electrons. The summed E-state index contributed by atoms with van der Waals surface area (Å²) in [6, 6.07) is -1.26. The third kappa shape index (κ3) is 5.85. The van der Waals surface area contributed by atoms with Crippen LogP contribution >= 0.6 is 0 Å². The summed E-state index contributed by atoms with van der Waals surface area (Å²) in [5.41, 5.74) is 0. The van der Waals surface area contributed by atoms with Crippen LogP contribution in [0.1, 0.15) is 26.7 Å². The molecule has 0 aliphatic carbocycles. The Bertz CT molecular complexity index is 248. The Morgan fingerprint density at radius 1 is 1.47 bits per heavy atom. The van der Waals surface area contributed by atoms with Crippen LogP contribution in [0.4, 0.5) is 0 Å². The van der Waals surface area contributed by atoms with E-state index in [0.717, 1.165) is 12.8 Å². The molecule has 86 valence electrons. The molecular formula is C10H17NO4. The number of aliphatic carboxylic acids is 1. The molecule has 0 aliphatic heterocycles. The van der Waals surface area contributed by atoms with Gasteiger partial charge in [0.2, 0.25) is 5.91 Å². The Morgan fingerprint density at radius 3 is 2.47 bits per heavy atom. The normalized spacial score (nSPS) is 14.9. The Kier molecular flexibility index (Phi) is 6.37. The maximum atomic E-state index is 11.2. The van der Waals surface area contributed by atoms with Crippen LogP contribution in [0.2, 0.25) is 0 Å². The van der Waals surface area contributed by atoms with Gasteiger partial charge in [-0.25, -0.2) is 4.79 Å². The van der Waals surface area contributed by atoms with Crippen LogP contribution in [0, 0.1) is 0 Å². The Morgan fingerprint density at radius 2 is 2.07 bits per heavy atom. The Hall–Kier alpha value is -1.36. The van der Waals surface area contributed by atoms with E-state index in [-0.39, 0.29) is 0 Å². The van der Waals surface area contributed by atoms with E-state index in [1.807, 2.05) is 6.92 Å². The highest BCUT2D eigenvalue weighted by Gasteiger charge is 2.23. The van der Waals surface area contributed by atoms with E-state index < -0.39 is 24.0 Å². The number of allylic oxidation sites excluding steroid dienone is 1. The number of aliphatic hydroxyl groups excluding tert-OH is 1. The molecule has 0 saturated carbocycles. The number of carboxylic acid groups (broad SMARTS) is 1. The highest BCUT2D eigenvalue weighted by molar-refractivity contribution is 5.91. The van der Waals surface area contributed by atoms with Crippen LogP contribution in [-0.2, 0) is 9.59 Å². The first-order chi connectivity index (χ1) is 6.99.